The highest BCUT2D eigenvalue weighted by atomic mass is 19.4. The number of alkyl halides is 3. The first-order chi connectivity index (χ1) is 18.3. The fourth-order valence-corrected chi connectivity index (χ4v) is 4.42. The van der Waals surface area contributed by atoms with Crippen molar-refractivity contribution in [1.29, 1.82) is 0 Å². The van der Waals surface area contributed by atoms with Gasteiger partial charge in [-0.05, 0) is 70.6 Å². The van der Waals surface area contributed by atoms with Crippen molar-refractivity contribution in [2.24, 2.45) is 10.9 Å². The fourth-order valence-electron chi connectivity index (χ4n) is 4.42. The number of carbonyl (C=O) groups is 1. The molecular weight excluding hydrogens is 502 g/mol. The minimum absolute atomic E-state index is 0.0441. The van der Waals surface area contributed by atoms with E-state index in [0.29, 0.717) is 11.3 Å². The molecule has 0 spiro atoms. The summed E-state index contributed by atoms with van der Waals surface area (Å²) in [6.07, 6.45) is 9.83. The summed E-state index contributed by atoms with van der Waals surface area (Å²) in [6, 6.07) is 13.7. The van der Waals surface area contributed by atoms with Gasteiger partial charge in [0.15, 0.2) is 5.78 Å². The lowest BCUT2D eigenvalue weighted by molar-refractivity contribution is -0.117. The van der Waals surface area contributed by atoms with Gasteiger partial charge in [0.2, 0.25) is 0 Å². The summed E-state index contributed by atoms with van der Waals surface area (Å²) in [6.45, 7) is 9.86. The Morgan fingerprint density at radius 3 is 2.05 bits per heavy atom. The summed E-state index contributed by atoms with van der Waals surface area (Å²) < 4.78 is 45.2. The highest BCUT2D eigenvalue weighted by molar-refractivity contribution is 6.14. The van der Waals surface area contributed by atoms with Crippen LogP contribution in [0.5, 0.6) is 0 Å². The van der Waals surface area contributed by atoms with E-state index in [1.165, 1.54) is 64.4 Å². The Balaban J connectivity index is 0.000000359. The number of aryl methyl sites for hydroxylation is 1. The maximum absolute atomic E-state index is 14.1. The number of carbonyl (C=O) groups excluding carboxylic acids is 1. The second-order valence-electron chi connectivity index (χ2n) is 10.3. The van der Waals surface area contributed by atoms with Crippen molar-refractivity contribution in [3.63, 3.8) is 0 Å². The Morgan fingerprint density at radius 2 is 1.54 bits per heavy atom. The summed E-state index contributed by atoms with van der Waals surface area (Å²) in [7, 11) is 0. The standard InChI is InChI=1S/C18H18FNO.C13H24.C2H3F3/c1-12-8-4-5-9-15(12)18(20-13(2)14(3)21)16-10-6-7-11-17(16)19;1-3-7-12(2)10-11-13-8-5-4-6-9-13;1-2(3,4)5/h4-11,13H,1-3H3;7,13H,3-6,8-11H2,1-2H3;1H3/b;12-7+;. The van der Waals surface area contributed by atoms with E-state index >= 15 is 0 Å². The zero-order valence-corrected chi connectivity index (χ0v) is 24.4. The normalized spacial score (nSPS) is 15.4. The molecule has 0 saturated heterocycles. The highest BCUT2D eigenvalue weighted by Crippen LogP contribution is 2.28. The van der Waals surface area contributed by atoms with Crippen molar-refractivity contribution in [3.8, 4) is 0 Å². The third kappa shape index (κ3) is 14.8. The van der Waals surface area contributed by atoms with Crippen LogP contribution in [0.15, 0.2) is 65.2 Å². The minimum Gasteiger partial charge on any atom is -0.298 e. The number of ketones is 1. The van der Waals surface area contributed by atoms with Crippen molar-refractivity contribution < 1.29 is 22.4 Å². The third-order valence-corrected chi connectivity index (χ3v) is 6.66. The number of hydrogen-bond donors (Lipinski definition) is 0. The summed E-state index contributed by atoms with van der Waals surface area (Å²) in [4.78, 5) is 16.0. The molecule has 1 atom stereocenters. The molecule has 1 fully saturated rings. The number of allylic oxidation sites excluding steroid dienone is 2. The van der Waals surface area contributed by atoms with Crippen LogP contribution in [0.4, 0.5) is 17.6 Å². The number of halogens is 4. The van der Waals surface area contributed by atoms with E-state index in [-0.39, 0.29) is 18.5 Å². The topological polar surface area (TPSA) is 29.4 Å². The second-order valence-corrected chi connectivity index (χ2v) is 10.3. The van der Waals surface area contributed by atoms with Crippen molar-refractivity contribution in [2.75, 3.05) is 0 Å². The zero-order chi connectivity index (χ0) is 29.4. The Kier molecular flexibility index (Phi) is 15.6. The Bertz CT molecular complexity index is 1010. The Hall–Kier alpha value is -2.76. The number of Topliss-reactive ketones (excluding diaryl/α,β-unsaturated/α-hetero) is 1. The number of nitrogens with zero attached hydrogens (tertiary/aromatic N) is 1. The van der Waals surface area contributed by atoms with Crippen LogP contribution in [0.25, 0.3) is 0 Å². The van der Waals surface area contributed by atoms with Gasteiger partial charge in [0.05, 0.1) is 5.71 Å². The van der Waals surface area contributed by atoms with Crippen LogP contribution in [-0.4, -0.2) is 23.7 Å². The van der Waals surface area contributed by atoms with Gasteiger partial charge in [0.25, 0.3) is 0 Å². The van der Waals surface area contributed by atoms with E-state index in [9.17, 15) is 22.4 Å². The van der Waals surface area contributed by atoms with Crippen molar-refractivity contribution in [3.05, 3.63) is 82.7 Å². The van der Waals surface area contributed by atoms with E-state index in [4.69, 9.17) is 0 Å². The van der Waals surface area contributed by atoms with Crippen LogP contribution < -0.4 is 0 Å². The minimum atomic E-state index is -4.00. The third-order valence-electron chi connectivity index (χ3n) is 6.66. The van der Waals surface area contributed by atoms with E-state index in [1.54, 1.807) is 30.7 Å². The van der Waals surface area contributed by atoms with Crippen molar-refractivity contribution in [1.82, 2.24) is 0 Å². The molecule has 1 aliphatic carbocycles. The lowest BCUT2D eigenvalue weighted by atomic mass is 9.85. The largest absolute Gasteiger partial charge is 0.386 e. The van der Waals surface area contributed by atoms with Gasteiger partial charge < -0.3 is 0 Å². The molecule has 1 aliphatic rings. The molecule has 0 heterocycles. The molecule has 2 aromatic carbocycles. The molecule has 216 valence electrons. The molecule has 3 rings (SSSR count). The van der Waals surface area contributed by atoms with Crippen LogP contribution >= 0.6 is 0 Å². The van der Waals surface area contributed by atoms with Gasteiger partial charge in [0, 0.05) is 18.1 Å². The van der Waals surface area contributed by atoms with E-state index in [0.717, 1.165) is 17.0 Å². The van der Waals surface area contributed by atoms with E-state index in [2.05, 4.69) is 24.9 Å². The SMILES string of the molecule is CC(=O)C(C)N=C(c1ccccc1C)c1ccccc1F.CC(F)(F)F.CC/C=C(\C)CCC1CCCCC1. The first kappa shape index (κ1) is 34.3. The van der Waals surface area contributed by atoms with Gasteiger partial charge in [-0.15, -0.1) is 0 Å². The lowest BCUT2D eigenvalue weighted by Gasteiger charge is -2.21. The summed E-state index contributed by atoms with van der Waals surface area (Å²) in [5, 5.41) is 0. The molecule has 2 nitrogen and oxygen atoms in total. The van der Waals surface area contributed by atoms with Gasteiger partial charge in [0.1, 0.15) is 11.9 Å². The number of hydrogen-bond acceptors (Lipinski definition) is 2. The first-order valence-electron chi connectivity index (χ1n) is 13.9. The molecule has 0 amide bonds. The molecule has 0 radical (unpaired) electrons. The van der Waals surface area contributed by atoms with Gasteiger partial charge in [-0.2, -0.15) is 13.2 Å². The first-order valence-corrected chi connectivity index (χ1v) is 13.9. The van der Waals surface area contributed by atoms with Crippen LogP contribution in [0, 0.1) is 18.7 Å². The van der Waals surface area contributed by atoms with E-state index < -0.39 is 12.2 Å². The fraction of sp³-hybridized carbons (Fsp3) is 0.515. The average Bonchev–Trinajstić information content (AvgIpc) is 2.87. The Morgan fingerprint density at radius 1 is 1.00 bits per heavy atom. The second kappa shape index (κ2) is 17.8. The zero-order valence-electron chi connectivity index (χ0n) is 24.4. The maximum atomic E-state index is 14.1. The molecule has 1 saturated carbocycles. The van der Waals surface area contributed by atoms with Crippen LogP contribution in [0.2, 0.25) is 0 Å². The monoisotopic (exact) mass is 547 g/mol. The summed E-state index contributed by atoms with van der Waals surface area (Å²) in [5.41, 5.74) is 4.38. The van der Waals surface area contributed by atoms with Gasteiger partial charge in [-0.1, -0.05) is 87.1 Å². The van der Waals surface area contributed by atoms with E-state index in [1.807, 2.05) is 31.2 Å². The maximum Gasteiger partial charge on any atom is 0.386 e. The van der Waals surface area contributed by atoms with Crippen LogP contribution in [0.3, 0.4) is 0 Å². The number of aliphatic imine (C=N–C) groups is 1. The number of rotatable bonds is 8. The summed E-state index contributed by atoms with van der Waals surface area (Å²) >= 11 is 0. The molecule has 2 aromatic rings. The van der Waals surface area contributed by atoms with Crippen molar-refractivity contribution in [2.45, 2.75) is 105 Å². The lowest BCUT2D eigenvalue weighted by Crippen LogP contribution is -2.16. The molecule has 6 heteroatoms. The summed E-state index contributed by atoms with van der Waals surface area (Å²) in [5.74, 6) is 0.668. The quantitative estimate of drug-likeness (QED) is 0.184. The molecule has 0 bridgehead atoms. The number of benzene rings is 2. The highest BCUT2D eigenvalue weighted by Gasteiger charge is 2.17. The molecular formula is C33H45F4NO. The molecule has 1 unspecified atom stereocenters. The molecule has 39 heavy (non-hydrogen) atoms. The van der Waals surface area contributed by atoms with Crippen molar-refractivity contribution >= 4 is 11.5 Å². The van der Waals surface area contributed by atoms with Crippen LogP contribution in [-0.2, 0) is 4.79 Å². The Labute approximate surface area is 232 Å². The van der Waals surface area contributed by atoms with Crippen LogP contribution in [0.1, 0.15) is 103 Å². The average molecular weight is 548 g/mol. The van der Waals surface area contributed by atoms with Gasteiger partial charge in [-0.3, -0.25) is 9.79 Å². The van der Waals surface area contributed by atoms with Gasteiger partial charge >= 0.3 is 6.18 Å². The predicted molar refractivity (Wildman–Crippen MR) is 155 cm³/mol. The van der Waals surface area contributed by atoms with Gasteiger partial charge in [-0.25, -0.2) is 4.39 Å². The molecule has 0 N–H and O–H groups in total. The molecule has 0 aromatic heterocycles. The molecule has 0 aliphatic heterocycles. The predicted octanol–water partition coefficient (Wildman–Crippen LogP) is 10.2. The smallest absolute Gasteiger partial charge is 0.298 e.